The summed E-state index contributed by atoms with van der Waals surface area (Å²) in [6, 6.07) is 10.6. The Morgan fingerprint density at radius 3 is 2.58 bits per heavy atom. The summed E-state index contributed by atoms with van der Waals surface area (Å²) in [5.41, 5.74) is 2.44. The van der Waals surface area contributed by atoms with Gasteiger partial charge in [-0.2, -0.15) is 0 Å². The maximum atomic E-state index is 13.1. The summed E-state index contributed by atoms with van der Waals surface area (Å²) in [4.78, 5) is 49.5. The summed E-state index contributed by atoms with van der Waals surface area (Å²) < 4.78 is 1.44. The Morgan fingerprint density at radius 2 is 1.84 bits per heavy atom. The second kappa shape index (κ2) is 11.1. The van der Waals surface area contributed by atoms with E-state index in [-0.39, 0.29) is 23.6 Å². The van der Waals surface area contributed by atoms with Crippen molar-refractivity contribution in [2.24, 2.45) is 5.92 Å². The Bertz CT molecular complexity index is 1470. The molecule has 10 heteroatoms. The zero-order valence-corrected chi connectivity index (χ0v) is 22.3. The average molecular weight is 531 g/mol. The van der Waals surface area contributed by atoms with Crippen LogP contribution in [0.5, 0.6) is 0 Å². The first kappa shape index (κ1) is 25.6. The molecule has 3 amide bonds. The van der Waals surface area contributed by atoms with E-state index < -0.39 is 5.91 Å². The van der Waals surface area contributed by atoms with Crippen LogP contribution in [0.4, 0.5) is 16.3 Å². The van der Waals surface area contributed by atoms with Gasteiger partial charge in [-0.05, 0) is 50.1 Å². The molecule has 3 heterocycles. The molecule has 2 N–H and O–H groups in total. The van der Waals surface area contributed by atoms with Gasteiger partial charge in [0.05, 0.1) is 5.52 Å². The average Bonchev–Trinajstić information content (AvgIpc) is 3.58. The zero-order valence-electron chi connectivity index (χ0n) is 21.4. The maximum absolute atomic E-state index is 13.1. The molecule has 196 valence electrons. The number of nitrogens with zero attached hydrogens (tertiary/aromatic N) is 4. The first-order chi connectivity index (χ1) is 18.5. The van der Waals surface area contributed by atoms with Gasteiger partial charge in [-0.1, -0.05) is 25.3 Å². The van der Waals surface area contributed by atoms with Crippen molar-refractivity contribution in [3.05, 3.63) is 59.9 Å². The number of benzene rings is 1. The Balaban J connectivity index is 1.45. The van der Waals surface area contributed by atoms with Gasteiger partial charge < -0.3 is 15.5 Å². The van der Waals surface area contributed by atoms with Crippen LogP contribution in [0.3, 0.4) is 0 Å². The lowest BCUT2D eigenvalue weighted by Gasteiger charge is -2.26. The van der Waals surface area contributed by atoms with Crippen molar-refractivity contribution in [3.8, 4) is 10.6 Å². The molecule has 1 aliphatic carbocycles. The highest BCUT2D eigenvalue weighted by molar-refractivity contribution is 7.13. The highest BCUT2D eigenvalue weighted by atomic mass is 32.1. The smallest absolute Gasteiger partial charge is 0.327 e. The molecule has 1 saturated carbocycles. The minimum atomic E-state index is -0.417. The summed E-state index contributed by atoms with van der Waals surface area (Å²) in [5.74, 6) is 0.0411. The Morgan fingerprint density at radius 1 is 1.08 bits per heavy atom. The van der Waals surface area contributed by atoms with Crippen LogP contribution in [0, 0.1) is 5.92 Å². The Kier molecular flexibility index (Phi) is 7.50. The van der Waals surface area contributed by atoms with Crippen molar-refractivity contribution in [3.63, 3.8) is 0 Å². The summed E-state index contributed by atoms with van der Waals surface area (Å²) in [7, 11) is 1.78. The van der Waals surface area contributed by atoms with Crippen LogP contribution in [-0.2, 0) is 4.79 Å². The molecule has 0 aliphatic heterocycles. The lowest BCUT2D eigenvalue weighted by Crippen LogP contribution is -2.34. The third-order valence-electron chi connectivity index (χ3n) is 6.90. The van der Waals surface area contributed by atoms with Crippen LogP contribution < -0.4 is 15.5 Å². The van der Waals surface area contributed by atoms with E-state index in [0.29, 0.717) is 28.6 Å². The minimum absolute atomic E-state index is 0.0321. The third-order valence-corrected chi connectivity index (χ3v) is 7.79. The molecular weight excluding hydrogens is 500 g/mol. The van der Waals surface area contributed by atoms with Gasteiger partial charge in [0.1, 0.15) is 16.5 Å². The molecule has 0 atom stereocenters. The number of nitrogens with one attached hydrogen (secondary N) is 2. The van der Waals surface area contributed by atoms with E-state index in [0.717, 1.165) is 36.6 Å². The summed E-state index contributed by atoms with van der Waals surface area (Å²) in [6.45, 7) is 2.26. The molecule has 38 heavy (non-hydrogen) atoms. The lowest BCUT2D eigenvalue weighted by atomic mass is 9.88. The van der Waals surface area contributed by atoms with E-state index in [2.05, 4.69) is 20.6 Å². The van der Waals surface area contributed by atoms with Crippen LogP contribution in [-0.4, -0.2) is 46.0 Å². The van der Waals surface area contributed by atoms with E-state index in [1.54, 1.807) is 35.8 Å². The van der Waals surface area contributed by atoms with Gasteiger partial charge in [0.25, 0.3) is 5.91 Å². The van der Waals surface area contributed by atoms with Gasteiger partial charge in [-0.3, -0.25) is 14.6 Å². The van der Waals surface area contributed by atoms with E-state index in [9.17, 15) is 14.4 Å². The molecule has 0 unspecified atom stereocenters. The molecule has 9 nitrogen and oxygen atoms in total. The van der Waals surface area contributed by atoms with E-state index >= 15 is 0 Å². The Hall–Kier alpha value is -4.05. The molecule has 0 spiro atoms. The second-order valence-electron chi connectivity index (χ2n) is 9.40. The molecule has 4 aromatic rings. The van der Waals surface area contributed by atoms with E-state index in [1.807, 2.05) is 37.3 Å². The van der Waals surface area contributed by atoms with Crippen LogP contribution in [0.15, 0.2) is 54.2 Å². The van der Waals surface area contributed by atoms with Gasteiger partial charge in [-0.25, -0.2) is 14.3 Å². The van der Waals surface area contributed by atoms with Gasteiger partial charge in [0.2, 0.25) is 5.91 Å². The number of carbonyl (C=O) groups excluding carboxylic acids is 3. The standard InChI is InChI=1S/C28H30N6O3S/c1-3-30-28(37)34-23-16-21(33(2)27(36)19-7-5-4-6-8-19)10-9-20(23)15-24(34)32-25(35)22-17-38-26(31-22)18-11-13-29-14-12-18/h9-17,19H,3-8H2,1-2H3,(H,30,37)(H,32,35). The number of hydrogen-bond donors (Lipinski definition) is 2. The number of thiazole rings is 1. The number of rotatable bonds is 6. The zero-order chi connectivity index (χ0) is 26.6. The van der Waals surface area contributed by atoms with Crippen molar-refractivity contribution in [2.45, 2.75) is 39.0 Å². The number of pyridine rings is 1. The summed E-state index contributed by atoms with van der Waals surface area (Å²) >= 11 is 1.36. The minimum Gasteiger partial charge on any atom is -0.338 e. The molecule has 1 fully saturated rings. The highest BCUT2D eigenvalue weighted by Gasteiger charge is 2.26. The summed E-state index contributed by atoms with van der Waals surface area (Å²) in [6.07, 6.45) is 8.52. The second-order valence-corrected chi connectivity index (χ2v) is 10.3. The van der Waals surface area contributed by atoms with Crippen molar-refractivity contribution >= 4 is 51.6 Å². The van der Waals surface area contributed by atoms with Crippen molar-refractivity contribution in [1.82, 2.24) is 19.9 Å². The molecule has 1 aliphatic rings. The normalized spacial score (nSPS) is 13.8. The first-order valence-corrected chi connectivity index (χ1v) is 13.7. The lowest BCUT2D eigenvalue weighted by molar-refractivity contribution is -0.123. The number of carbonyl (C=O) groups is 3. The first-order valence-electron chi connectivity index (χ1n) is 12.8. The largest absolute Gasteiger partial charge is 0.338 e. The van der Waals surface area contributed by atoms with Crippen LogP contribution >= 0.6 is 11.3 Å². The monoisotopic (exact) mass is 530 g/mol. The predicted molar refractivity (Wildman–Crippen MR) is 150 cm³/mol. The fourth-order valence-electron chi connectivity index (χ4n) is 4.88. The third kappa shape index (κ3) is 5.17. The maximum Gasteiger partial charge on any atom is 0.327 e. The van der Waals surface area contributed by atoms with E-state index in [4.69, 9.17) is 0 Å². The molecule has 0 bridgehead atoms. The molecule has 3 aromatic heterocycles. The molecular formula is C28H30N6O3S. The van der Waals surface area contributed by atoms with Crippen LogP contribution in [0.1, 0.15) is 49.5 Å². The van der Waals surface area contributed by atoms with E-state index in [1.165, 1.54) is 22.3 Å². The molecule has 0 saturated heterocycles. The van der Waals surface area contributed by atoms with Crippen LogP contribution in [0.2, 0.25) is 0 Å². The fraction of sp³-hybridized carbons (Fsp3) is 0.321. The SMILES string of the molecule is CCNC(=O)n1c(NC(=O)c2csc(-c3ccncc3)n2)cc2ccc(N(C)C(=O)C3CCCCC3)cc21. The summed E-state index contributed by atoms with van der Waals surface area (Å²) in [5, 5.41) is 8.84. The van der Waals surface area contributed by atoms with Gasteiger partial charge in [0.15, 0.2) is 0 Å². The predicted octanol–water partition coefficient (Wildman–Crippen LogP) is 5.53. The number of anilines is 2. The van der Waals surface area contributed by atoms with Gasteiger partial charge in [-0.15, -0.1) is 11.3 Å². The fourth-order valence-corrected chi connectivity index (χ4v) is 5.68. The quantitative estimate of drug-likeness (QED) is 0.341. The Labute approximate surface area is 224 Å². The van der Waals surface area contributed by atoms with Crippen molar-refractivity contribution < 1.29 is 14.4 Å². The van der Waals surface area contributed by atoms with Gasteiger partial charge >= 0.3 is 6.03 Å². The van der Waals surface area contributed by atoms with Crippen molar-refractivity contribution in [2.75, 3.05) is 23.8 Å². The molecule has 5 rings (SSSR count). The molecule has 0 radical (unpaired) electrons. The topological polar surface area (TPSA) is 109 Å². The number of fused-ring (bicyclic) bond motifs is 1. The van der Waals surface area contributed by atoms with Crippen molar-refractivity contribution in [1.29, 1.82) is 0 Å². The molecule has 1 aromatic carbocycles. The highest BCUT2D eigenvalue weighted by Crippen LogP contribution is 2.31. The van der Waals surface area contributed by atoms with Crippen LogP contribution in [0.25, 0.3) is 21.5 Å². The number of aromatic nitrogens is 3. The van der Waals surface area contributed by atoms with Gasteiger partial charge in [0, 0.05) is 53.9 Å². The number of amides is 3. The number of hydrogen-bond acceptors (Lipinski definition) is 6.